The Morgan fingerprint density at radius 3 is 2.30 bits per heavy atom. The van der Waals surface area contributed by atoms with Crippen molar-refractivity contribution in [3.05, 3.63) is 75.0 Å². The fraction of sp³-hybridized carbons (Fsp3) is 0.200. The molecule has 30 heavy (non-hydrogen) atoms. The van der Waals surface area contributed by atoms with Crippen molar-refractivity contribution in [1.82, 2.24) is 9.78 Å². The molecular formula is C20H17Cl2F3N4S. The SMILES string of the molecule is Cc1nn(Cc2c(Cl)cccc2Cl)c(C)c1NC(=S)Nc1ccccc1C(F)(F)F. The maximum absolute atomic E-state index is 13.2. The standard InChI is InChI=1S/C20H17Cl2F3N4S/c1-11-18(12(2)29(28-11)10-13-15(21)7-5-8-16(13)22)27-19(30)26-17-9-4-3-6-14(17)20(23,24)25/h3-9H,10H2,1-2H3,(H2,26,27,30). The van der Waals surface area contributed by atoms with Crippen LogP contribution in [0.4, 0.5) is 24.5 Å². The molecule has 0 unspecified atom stereocenters. The topological polar surface area (TPSA) is 41.9 Å². The average molecular weight is 473 g/mol. The summed E-state index contributed by atoms with van der Waals surface area (Å²) in [5, 5.41) is 11.1. The summed E-state index contributed by atoms with van der Waals surface area (Å²) in [5.74, 6) is 0. The predicted octanol–water partition coefficient (Wildman–Crippen LogP) is 6.68. The number of hydrogen-bond donors (Lipinski definition) is 2. The summed E-state index contributed by atoms with van der Waals surface area (Å²) in [4.78, 5) is 0. The third-order valence-corrected chi connectivity index (χ3v) is 5.38. The molecule has 2 aromatic carbocycles. The number of benzene rings is 2. The van der Waals surface area contributed by atoms with Crippen molar-refractivity contribution in [2.45, 2.75) is 26.6 Å². The van der Waals surface area contributed by atoms with E-state index in [0.717, 1.165) is 17.3 Å². The molecule has 0 spiro atoms. The number of aryl methyl sites for hydroxylation is 1. The summed E-state index contributed by atoms with van der Waals surface area (Å²) in [6.45, 7) is 3.93. The molecule has 1 heterocycles. The Kier molecular flexibility index (Phi) is 6.59. The fourth-order valence-corrected chi connectivity index (χ4v) is 3.70. The van der Waals surface area contributed by atoms with Crippen molar-refractivity contribution >= 4 is 51.9 Å². The molecule has 0 atom stereocenters. The number of halogens is 5. The van der Waals surface area contributed by atoms with Gasteiger partial charge >= 0.3 is 6.18 Å². The quantitative estimate of drug-likeness (QED) is 0.415. The van der Waals surface area contributed by atoms with Crippen molar-refractivity contribution in [2.75, 3.05) is 10.6 Å². The van der Waals surface area contributed by atoms with Crippen LogP contribution >= 0.6 is 35.4 Å². The molecule has 2 N–H and O–H groups in total. The molecular weight excluding hydrogens is 456 g/mol. The molecule has 0 amide bonds. The van der Waals surface area contributed by atoms with Gasteiger partial charge in [0.2, 0.25) is 0 Å². The van der Waals surface area contributed by atoms with E-state index in [-0.39, 0.29) is 10.8 Å². The van der Waals surface area contributed by atoms with Gasteiger partial charge in [0.25, 0.3) is 0 Å². The highest BCUT2D eigenvalue weighted by Gasteiger charge is 2.33. The maximum Gasteiger partial charge on any atom is 0.418 e. The van der Waals surface area contributed by atoms with E-state index >= 15 is 0 Å². The number of anilines is 2. The van der Waals surface area contributed by atoms with Gasteiger partial charge in [-0.25, -0.2) is 0 Å². The zero-order chi connectivity index (χ0) is 22.1. The lowest BCUT2D eigenvalue weighted by Crippen LogP contribution is -2.22. The van der Waals surface area contributed by atoms with Crippen LogP contribution < -0.4 is 10.6 Å². The third-order valence-electron chi connectivity index (χ3n) is 4.47. The lowest BCUT2D eigenvalue weighted by molar-refractivity contribution is -0.136. The third kappa shape index (κ3) is 4.88. The van der Waals surface area contributed by atoms with Crippen molar-refractivity contribution in [1.29, 1.82) is 0 Å². The van der Waals surface area contributed by atoms with Crippen molar-refractivity contribution < 1.29 is 13.2 Å². The lowest BCUT2D eigenvalue weighted by Gasteiger charge is -2.16. The number of rotatable bonds is 4. The van der Waals surface area contributed by atoms with Gasteiger partial charge in [-0.3, -0.25) is 4.68 Å². The molecule has 0 aliphatic carbocycles. The first-order chi connectivity index (χ1) is 14.1. The Hall–Kier alpha value is -2.29. The van der Waals surface area contributed by atoms with Gasteiger partial charge in [0, 0.05) is 15.6 Å². The highest BCUT2D eigenvalue weighted by atomic mass is 35.5. The Morgan fingerprint density at radius 1 is 1.03 bits per heavy atom. The molecule has 158 valence electrons. The zero-order valence-corrected chi connectivity index (χ0v) is 18.3. The second-order valence-electron chi connectivity index (χ2n) is 6.53. The summed E-state index contributed by atoms with van der Waals surface area (Å²) in [5.41, 5.74) is 1.75. The van der Waals surface area contributed by atoms with Crippen molar-refractivity contribution in [3.8, 4) is 0 Å². The summed E-state index contributed by atoms with van der Waals surface area (Å²) in [6, 6.07) is 10.4. The number of nitrogens with zero attached hydrogens (tertiary/aromatic N) is 2. The van der Waals surface area contributed by atoms with Crippen LogP contribution in [-0.2, 0) is 12.7 Å². The average Bonchev–Trinajstić information content (AvgIpc) is 2.92. The van der Waals surface area contributed by atoms with Crippen LogP contribution in [0.25, 0.3) is 0 Å². The van der Waals surface area contributed by atoms with E-state index < -0.39 is 11.7 Å². The molecule has 10 heteroatoms. The van der Waals surface area contributed by atoms with E-state index in [2.05, 4.69) is 15.7 Å². The molecule has 0 radical (unpaired) electrons. The van der Waals surface area contributed by atoms with Crippen LogP contribution in [0.5, 0.6) is 0 Å². The molecule has 0 bridgehead atoms. The van der Waals surface area contributed by atoms with E-state index in [1.807, 2.05) is 6.92 Å². The Balaban J connectivity index is 1.81. The highest BCUT2D eigenvalue weighted by molar-refractivity contribution is 7.80. The number of aromatic nitrogens is 2. The summed E-state index contributed by atoms with van der Waals surface area (Å²) in [6.07, 6.45) is -4.50. The minimum absolute atomic E-state index is 0.0215. The molecule has 3 rings (SSSR count). The molecule has 3 aromatic rings. The number of para-hydroxylation sites is 1. The lowest BCUT2D eigenvalue weighted by atomic mass is 10.1. The fourth-order valence-electron chi connectivity index (χ4n) is 2.97. The van der Waals surface area contributed by atoms with Gasteiger partial charge in [0.05, 0.1) is 34.9 Å². The van der Waals surface area contributed by atoms with E-state index in [1.165, 1.54) is 18.2 Å². The normalized spacial score (nSPS) is 11.4. The second kappa shape index (κ2) is 8.83. The smallest absolute Gasteiger partial charge is 0.332 e. The minimum atomic E-state index is -4.50. The van der Waals surface area contributed by atoms with E-state index in [1.54, 1.807) is 29.8 Å². The van der Waals surface area contributed by atoms with Gasteiger partial charge in [0.15, 0.2) is 5.11 Å². The van der Waals surface area contributed by atoms with Crippen molar-refractivity contribution in [3.63, 3.8) is 0 Å². The second-order valence-corrected chi connectivity index (χ2v) is 7.75. The minimum Gasteiger partial charge on any atom is -0.332 e. The van der Waals surface area contributed by atoms with Gasteiger partial charge in [0.1, 0.15) is 0 Å². The summed E-state index contributed by atoms with van der Waals surface area (Å²) >= 11 is 17.7. The largest absolute Gasteiger partial charge is 0.418 e. The first-order valence-electron chi connectivity index (χ1n) is 8.79. The summed E-state index contributed by atoms with van der Waals surface area (Å²) < 4.78 is 41.3. The number of hydrogen-bond acceptors (Lipinski definition) is 2. The van der Waals surface area contributed by atoms with Crippen molar-refractivity contribution in [2.24, 2.45) is 0 Å². The monoisotopic (exact) mass is 472 g/mol. The first kappa shape index (κ1) is 22.4. The number of alkyl halides is 3. The van der Waals surface area contributed by atoms with Crippen LogP contribution in [0.1, 0.15) is 22.5 Å². The van der Waals surface area contributed by atoms with Crippen LogP contribution in [0.3, 0.4) is 0 Å². The van der Waals surface area contributed by atoms with Crippen LogP contribution in [0.2, 0.25) is 10.0 Å². The van der Waals surface area contributed by atoms with Gasteiger partial charge in [-0.05, 0) is 50.3 Å². The molecule has 0 saturated heterocycles. The first-order valence-corrected chi connectivity index (χ1v) is 9.95. The molecule has 0 fully saturated rings. The van der Waals surface area contributed by atoms with Gasteiger partial charge < -0.3 is 10.6 Å². The van der Waals surface area contributed by atoms with E-state index in [9.17, 15) is 13.2 Å². The summed E-state index contributed by atoms with van der Waals surface area (Å²) in [7, 11) is 0. The maximum atomic E-state index is 13.2. The van der Waals surface area contributed by atoms with Gasteiger partial charge in [-0.2, -0.15) is 18.3 Å². The highest BCUT2D eigenvalue weighted by Crippen LogP contribution is 2.34. The Morgan fingerprint density at radius 2 is 1.67 bits per heavy atom. The molecule has 0 aliphatic rings. The zero-order valence-electron chi connectivity index (χ0n) is 15.9. The van der Waals surface area contributed by atoms with E-state index in [4.69, 9.17) is 35.4 Å². The Labute approximate surface area is 187 Å². The number of nitrogens with one attached hydrogen (secondary N) is 2. The van der Waals surface area contributed by atoms with Crippen LogP contribution in [0.15, 0.2) is 42.5 Å². The molecule has 4 nitrogen and oxygen atoms in total. The van der Waals surface area contributed by atoms with E-state index in [0.29, 0.717) is 28.0 Å². The van der Waals surface area contributed by atoms with Crippen LogP contribution in [-0.4, -0.2) is 14.9 Å². The predicted molar refractivity (Wildman–Crippen MR) is 119 cm³/mol. The molecule has 0 saturated carbocycles. The molecule has 0 aliphatic heterocycles. The van der Waals surface area contributed by atoms with Gasteiger partial charge in [-0.15, -0.1) is 0 Å². The molecule has 1 aromatic heterocycles. The van der Waals surface area contributed by atoms with Crippen LogP contribution in [0, 0.1) is 13.8 Å². The Bertz CT molecular complexity index is 1080. The van der Waals surface area contributed by atoms with Gasteiger partial charge in [-0.1, -0.05) is 41.4 Å². The number of thiocarbonyl (C=S) groups is 1.